The van der Waals surface area contributed by atoms with Gasteiger partial charge in [-0.2, -0.15) is 0 Å². The van der Waals surface area contributed by atoms with Gasteiger partial charge in [-0.25, -0.2) is 4.79 Å². The third kappa shape index (κ3) is 3.64. The highest BCUT2D eigenvalue weighted by molar-refractivity contribution is 5.87. The second kappa shape index (κ2) is 6.18. The summed E-state index contributed by atoms with van der Waals surface area (Å²) in [5.41, 5.74) is 0.895. The van der Waals surface area contributed by atoms with E-state index in [1.165, 1.54) is 0 Å². The van der Waals surface area contributed by atoms with Crippen molar-refractivity contribution in [2.45, 2.75) is 31.7 Å². The first-order valence-electron chi connectivity index (χ1n) is 7.61. The number of carbonyl (C=O) groups excluding carboxylic acids is 1. The predicted molar refractivity (Wildman–Crippen MR) is 84.6 cm³/mol. The van der Waals surface area contributed by atoms with E-state index in [0.717, 1.165) is 29.2 Å². The lowest BCUT2D eigenvalue weighted by molar-refractivity contribution is -0.142. The van der Waals surface area contributed by atoms with E-state index in [0.29, 0.717) is 12.3 Å². The SMILES string of the molecule is O=C(Cc1ccc2ccccc2c1)NC(CC1CC1)C(=O)O. The number of hydrogen-bond donors (Lipinski definition) is 2. The minimum absolute atomic E-state index is 0.208. The topological polar surface area (TPSA) is 66.4 Å². The molecule has 0 aromatic heterocycles. The van der Waals surface area contributed by atoms with Gasteiger partial charge in [-0.15, -0.1) is 0 Å². The fraction of sp³-hybridized carbons (Fsp3) is 0.333. The van der Waals surface area contributed by atoms with Crippen LogP contribution in [0, 0.1) is 5.92 Å². The summed E-state index contributed by atoms with van der Waals surface area (Å²) in [5.74, 6) is -0.718. The second-order valence-corrected chi connectivity index (χ2v) is 6.00. The van der Waals surface area contributed by atoms with E-state index in [2.05, 4.69) is 5.32 Å². The van der Waals surface area contributed by atoms with Crippen molar-refractivity contribution in [2.24, 2.45) is 5.92 Å². The van der Waals surface area contributed by atoms with Gasteiger partial charge in [0.1, 0.15) is 6.04 Å². The Morgan fingerprint density at radius 1 is 1.14 bits per heavy atom. The number of benzene rings is 2. The van der Waals surface area contributed by atoms with Gasteiger partial charge in [-0.3, -0.25) is 4.79 Å². The Morgan fingerprint density at radius 2 is 1.86 bits per heavy atom. The molecule has 1 aliphatic rings. The standard InChI is InChI=1S/C18H19NO3/c20-17(19-16(18(21)22)10-12-5-6-12)11-13-7-8-14-3-1-2-4-15(14)9-13/h1-4,7-9,12,16H,5-6,10-11H2,(H,19,20)(H,21,22). The maximum Gasteiger partial charge on any atom is 0.326 e. The van der Waals surface area contributed by atoms with Gasteiger partial charge in [-0.1, -0.05) is 55.3 Å². The van der Waals surface area contributed by atoms with E-state index >= 15 is 0 Å². The van der Waals surface area contributed by atoms with Crippen LogP contribution in [0.25, 0.3) is 10.8 Å². The highest BCUT2D eigenvalue weighted by Crippen LogP contribution is 2.33. The van der Waals surface area contributed by atoms with E-state index < -0.39 is 12.0 Å². The molecule has 3 rings (SSSR count). The van der Waals surface area contributed by atoms with Crippen molar-refractivity contribution < 1.29 is 14.7 Å². The van der Waals surface area contributed by atoms with Gasteiger partial charge in [-0.05, 0) is 28.7 Å². The fourth-order valence-electron chi connectivity index (χ4n) is 2.69. The Labute approximate surface area is 129 Å². The molecule has 22 heavy (non-hydrogen) atoms. The van der Waals surface area contributed by atoms with Crippen LogP contribution in [0.5, 0.6) is 0 Å². The van der Waals surface area contributed by atoms with Crippen LogP contribution in [0.3, 0.4) is 0 Å². The number of carboxylic acids is 1. The molecule has 2 aromatic carbocycles. The molecule has 2 aromatic rings. The van der Waals surface area contributed by atoms with Gasteiger partial charge in [0.05, 0.1) is 6.42 Å². The highest BCUT2D eigenvalue weighted by Gasteiger charge is 2.30. The van der Waals surface area contributed by atoms with Gasteiger partial charge in [0.2, 0.25) is 5.91 Å². The molecular formula is C18H19NO3. The second-order valence-electron chi connectivity index (χ2n) is 6.00. The third-order valence-electron chi connectivity index (χ3n) is 4.08. The number of hydrogen-bond acceptors (Lipinski definition) is 2. The van der Waals surface area contributed by atoms with Gasteiger partial charge in [0, 0.05) is 0 Å². The summed E-state index contributed by atoms with van der Waals surface area (Å²) >= 11 is 0. The molecule has 0 saturated heterocycles. The Balaban J connectivity index is 1.65. The molecular weight excluding hydrogens is 278 g/mol. The molecule has 0 aliphatic heterocycles. The maximum absolute atomic E-state index is 12.1. The number of nitrogens with one attached hydrogen (secondary N) is 1. The summed E-state index contributed by atoms with van der Waals surface area (Å²) in [6, 6.07) is 13.1. The maximum atomic E-state index is 12.1. The molecule has 2 N–H and O–H groups in total. The monoisotopic (exact) mass is 297 g/mol. The van der Waals surface area contributed by atoms with Crippen molar-refractivity contribution in [1.82, 2.24) is 5.32 Å². The molecule has 1 saturated carbocycles. The zero-order valence-electron chi connectivity index (χ0n) is 12.3. The van der Waals surface area contributed by atoms with Gasteiger partial charge >= 0.3 is 5.97 Å². The molecule has 1 amide bonds. The lowest BCUT2D eigenvalue weighted by Gasteiger charge is -2.14. The zero-order chi connectivity index (χ0) is 15.5. The van der Waals surface area contributed by atoms with Crippen molar-refractivity contribution >= 4 is 22.6 Å². The first kappa shape index (κ1) is 14.6. The van der Waals surface area contributed by atoms with Crippen molar-refractivity contribution in [3.8, 4) is 0 Å². The molecule has 1 aliphatic carbocycles. The van der Waals surface area contributed by atoms with Crippen LogP contribution in [-0.4, -0.2) is 23.0 Å². The minimum atomic E-state index is -0.946. The number of amides is 1. The summed E-state index contributed by atoms with van der Waals surface area (Å²) in [6.07, 6.45) is 2.90. The molecule has 0 radical (unpaired) electrons. The van der Waals surface area contributed by atoms with Crippen molar-refractivity contribution in [1.29, 1.82) is 0 Å². The van der Waals surface area contributed by atoms with E-state index in [9.17, 15) is 14.7 Å². The Kier molecular flexibility index (Phi) is 4.09. The van der Waals surface area contributed by atoms with Crippen LogP contribution in [0.15, 0.2) is 42.5 Å². The van der Waals surface area contributed by atoms with Crippen LogP contribution in [0.4, 0.5) is 0 Å². The Hall–Kier alpha value is -2.36. The fourth-order valence-corrected chi connectivity index (χ4v) is 2.69. The van der Waals surface area contributed by atoms with E-state index in [1.807, 2.05) is 42.5 Å². The lowest BCUT2D eigenvalue weighted by Crippen LogP contribution is -2.41. The van der Waals surface area contributed by atoms with Crippen LogP contribution < -0.4 is 5.32 Å². The number of carboxylic acid groups (broad SMARTS) is 1. The Morgan fingerprint density at radius 3 is 2.55 bits per heavy atom. The number of carbonyl (C=O) groups is 2. The number of aliphatic carboxylic acids is 1. The zero-order valence-corrected chi connectivity index (χ0v) is 12.3. The quantitative estimate of drug-likeness (QED) is 0.861. The average Bonchev–Trinajstić information content (AvgIpc) is 3.30. The summed E-state index contributed by atoms with van der Waals surface area (Å²) in [6.45, 7) is 0. The van der Waals surface area contributed by atoms with Crippen molar-refractivity contribution in [3.63, 3.8) is 0 Å². The smallest absolute Gasteiger partial charge is 0.326 e. The first-order chi connectivity index (χ1) is 10.6. The molecule has 4 heteroatoms. The lowest BCUT2D eigenvalue weighted by atomic mass is 10.0. The molecule has 0 heterocycles. The van der Waals surface area contributed by atoms with E-state index in [1.54, 1.807) is 0 Å². The normalized spacial score (nSPS) is 15.5. The van der Waals surface area contributed by atoms with Gasteiger partial charge < -0.3 is 10.4 Å². The van der Waals surface area contributed by atoms with Gasteiger partial charge in [0.25, 0.3) is 0 Å². The first-order valence-corrected chi connectivity index (χ1v) is 7.61. The number of rotatable bonds is 6. The summed E-state index contributed by atoms with van der Waals surface area (Å²) in [5, 5.41) is 14.0. The molecule has 0 spiro atoms. The Bertz CT molecular complexity index is 706. The van der Waals surface area contributed by atoms with Crippen molar-refractivity contribution in [2.75, 3.05) is 0 Å². The average molecular weight is 297 g/mol. The highest BCUT2D eigenvalue weighted by atomic mass is 16.4. The van der Waals surface area contributed by atoms with Crippen LogP contribution >= 0.6 is 0 Å². The molecule has 1 unspecified atom stereocenters. The summed E-state index contributed by atoms with van der Waals surface area (Å²) in [7, 11) is 0. The van der Waals surface area contributed by atoms with E-state index in [-0.39, 0.29) is 12.3 Å². The summed E-state index contributed by atoms with van der Waals surface area (Å²) < 4.78 is 0. The van der Waals surface area contributed by atoms with Crippen LogP contribution in [0.2, 0.25) is 0 Å². The molecule has 1 atom stereocenters. The molecule has 0 bridgehead atoms. The van der Waals surface area contributed by atoms with Crippen LogP contribution in [0.1, 0.15) is 24.8 Å². The van der Waals surface area contributed by atoms with E-state index in [4.69, 9.17) is 0 Å². The van der Waals surface area contributed by atoms with Crippen molar-refractivity contribution in [3.05, 3.63) is 48.0 Å². The largest absolute Gasteiger partial charge is 0.480 e. The minimum Gasteiger partial charge on any atom is -0.480 e. The molecule has 114 valence electrons. The van der Waals surface area contributed by atoms with Crippen LogP contribution in [-0.2, 0) is 16.0 Å². The molecule has 1 fully saturated rings. The molecule has 4 nitrogen and oxygen atoms in total. The van der Waals surface area contributed by atoms with Gasteiger partial charge in [0.15, 0.2) is 0 Å². The third-order valence-corrected chi connectivity index (χ3v) is 4.08. The number of fused-ring (bicyclic) bond motifs is 1. The summed E-state index contributed by atoms with van der Waals surface area (Å²) in [4.78, 5) is 23.3. The predicted octanol–water partition coefficient (Wildman–Crippen LogP) is 2.75.